The van der Waals surface area contributed by atoms with Crippen LogP contribution >= 0.6 is 0 Å². The van der Waals surface area contributed by atoms with Gasteiger partial charge in [-0.05, 0) is 55.3 Å². The fourth-order valence-electron chi connectivity index (χ4n) is 2.79. The van der Waals surface area contributed by atoms with Crippen LogP contribution in [-0.2, 0) is 6.54 Å². The van der Waals surface area contributed by atoms with Crippen LogP contribution in [0.25, 0.3) is 11.1 Å². The van der Waals surface area contributed by atoms with Gasteiger partial charge in [-0.25, -0.2) is 0 Å². The number of ether oxygens (including phenoxy) is 1. The van der Waals surface area contributed by atoms with Gasteiger partial charge in [-0.2, -0.15) is 10.4 Å². The third-order valence-electron chi connectivity index (χ3n) is 4.13. The van der Waals surface area contributed by atoms with Gasteiger partial charge in [0.25, 0.3) is 0 Å². The third kappa shape index (κ3) is 4.29. The average molecular weight is 347 g/mol. The van der Waals surface area contributed by atoms with Crippen molar-refractivity contribution in [3.8, 4) is 22.9 Å². The van der Waals surface area contributed by atoms with Crippen molar-refractivity contribution < 1.29 is 9.84 Å². The summed E-state index contributed by atoms with van der Waals surface area (Å²) in [6.07, 6.45) is -0.633. The second kappa shape index (κ2) is 7.85. The SMILES string of the molecule is Cc1cc(C)n(CC(O)COc2ccc(-c3ccc(C#N)cc3)cc2)n1. The van der Waals surface area contributed by atoms with Crippen LogP contribution in [0.15, 0.2) is 54.6 Å². The van der Waals surface area contributed by atoms with Gasteiger partial charge in [0, 0.05) is 5.69 Å². The van der Waals surface area contributed by atoms with Crippen LogP contribution in [0.3, 0.4) is 0 Å². The number of aryl methyl sites for hydroxylation is 2. The number of nitriles is 1. The summed E-state index contributed by atoms with van der Waals surface area (Å²) in [4.78, 5) is 0. The molecule has 132 valence electrons. The zero-order chi connectivity index (χ0) is 18.5. The molecule has 2 aromatic carbocycles. The van der Waals surface area contributed by atoms with Gasteiger partial charge in [-0.1, -0.05) is 24.3 Å². The molecule has 0 aliphatic rings. The maximum Gasteiger partial charge on any atom is 0.119 e. The summed E-state index contributed by atoms with van der Waals surface area (Å²) in [6.45, 7) is 4.51. The molecule has 0 aliphatic carbocycles. The van der Waals surface area contributed by atoms with E-state index in [1.54, 1.807) is 16.8 Å². The molecule has 5 nitrogen and oxygen atoms in total. The summed E-state index contributed by atoms with van der Waals surface area (Å²) in [6, 6.07) is 19.2. The molecule has 26 heavy (non-hydrogen) atoms. The minimum atomic E-state index is -0.633. The average Bonchev–Trinajstić information content (AvgIpc) is 2.97. The molecule has 1 N–H and O–H groups in total. The maximum atomic E-state index is 10.2. The number of hydrogen-bond donors (Lipinski definition) is 1. The Labute approximate surface area is 153 Å². The smallest absolute Gasteiger partial charge is 0.119 e. The van der Waals surface area contributed by atoms with E-state index in [1.165, 1.54) is 0 Å². The monoisotopic (exact) mass is 347 g/mol. The Bertz CT molecular complexity index is 906. The Morgan fingerprint density at radius 1 is 1.08 bits per heavy atom. The standard InChI is InChI=1S/C21H21N3O2/c1-15-11-16(2)24(23-15)13-20(25)14-26-21-9-7-19(8-10-21)18-5-3-17(12-22)4-6-18/h3-11,20,25H,13-14H2,1-2H3. The van der Waals surface area contributed by atoms with Crippen LogP contribution in [0, 0.1) is 25.2 Å². The van der Waals surface area contributed by atoms with Crippen molar-refractivity contribution >= 4 is 0 Å². The van der Waals surface area contributed by atoms with Gasteiger partial charge in [0.15, 0.2) is 0 Å². The lowest BCUT2D eigenvalue weighted by atomic mass is 10.0. The van der Waals surface area contributed by atoms with Gasteiger partial charge in [-0.3, -0.25) is 4.68 Å². The number of aliphatic hydroxyl groups is 1. The summed E-state index contributed by atoms with van der Waals surface area (Å²) < 4.78 is 7.47. The molecule has 1 aromatic heterocycles. The zero-order valence-electron chi connectivity index (χ0n) is 14.9. The highest BCUT2D eigenvalue weighted by atomic mass is 16.5. The van der Waals surface area contributed by atoms with Gasteiger partial charge in [0.2, 0.25) is 0 Å². The number of rotatable bonds is 6. The van der Waals surface area contributed by atoms with Crippen LogP contribution < -0.4 is 4.74 Å². The highest BCUT2D eigenvalue weighted by Gasteiger charge is 2.10. The quantitative estimate of drug-likeness (QED) is 0.741. The molecular formula is C21H21N3O2. The Morgan fingerprint density at radius 2 is 1.69 bits per heavy atom. The van der Waals surface area contributed by atoms with Crippen LogP contribution in [0.1, 0.15) is 17.0 Å². The lowest BCUT2D eigenvalue weighted by Crippen LogP contribution is -2.24. The van der Waals surface area contributed by atoms with Gasteiger partial charge in [-0.15, -0.1) is 0 Å². The lowest BCUT2D eigenvalue weighted by molar-refractivity contribution is 0.0887. The van der Waals surface area contributed by atoms with Crippen molar-refractivity contribution in [2.24, 2.45) is 0 Å². The van der Waals surface area contributed by atoms with Crippen LogP contribution in [0.5, 0.6) is 5.75 Å². The van der Waals surface area contributed by atoms with E-state index in [0.717, 1.165) is 22.5 Å². The second-order valence-electron chi connectivity index (χ2n) is 6.29. The summed E-state index contributed by atoms with van der Waals surface area (Å²) in [5.74, 6) is 0.704. The fraction of sp³-hybridized carbons (Fsp3) is 0.238. The molecule has 0 bridgehead atoms. The predicted molar refractivity (Wildman–Crippen MR) is 99.8 cm³/mol. The predicted octanol–water partition coefficient (Wildman–Crippen LogP) is 3.48. The number of aliphatic hydroxyl groups excluding tert-OH is 1. The van der Waals surface area contributed by atoms with E-state index in [1.807, 2.05) is 56.3 Å². The van der Waals surface area contributed by atoms with Gasteiger partial charge in [0.1, 0.15) is 18.5 Å². The van der Waals surface area contributed by atoms with E-state index in [4.69, 9.17) is 10.00 Å². The van der Waals surface area contributed by atoms with E-state index in [9.17, 15) is 5.11 Å². The molecule has 5 heteroatoms. The largest absolute Gasteiger partial charge is 0.491 e. The van der Waals surface area contributed by atoms with Crippen LogP contribution in [-0.4, -0.2) is 27.6 Å². The Hall–Kier alpha value is -3.10. The Morgan fingerprint density at radius 3 is 2.23 bits per heavy atom. The maximum absolute atomic E-state index is 10.2. The van der Waals surface area contributed by atoms with Gasteiger partial charge >= 0.3 is 0 Å². The first kappa shape index (κ1) is 17.7. The first-order valence-electron chi connectivity index (χ1n) is 8.47. The molecule has 0 aliphatic heterocycles. The molecule has 1 atom stereocenters. The lowest BCUT2D eigenvalue weighted by Gasteiger charge is -2.14. The first-order chi connectivity index (χ1) is 12.5. The van der Waals surface area contributed by atoms with Crippen molar-refractivity contribution in [3.05, 3.63) is 71.5 Å². The van der Waals surface area contributed by atoms with E-state index in [-0.39, 0.29) is 6.61 Å². The number of benzene rings is 2. The molecule has 0 spiro atoms. The summed E-state index contributed by atoms with van der Waals surface area (Å²) in [5, 5.41) is 23.4. The summed E-state index contributed by atoms with van der Waals surface area (Å²) in [5.41, 5.74) is 4.69. The Kier molecular flexibility index (Phi) is 5.35. The summed E-state index contributed by atoms with van der Waals surface area (Å²) in [7, 11) is 0. The molecule has 0 amide bonds. The van der Waals surface area contributed by atoms with E-state index < -0.39 is 6.10 Å². The summed E-state index contributed by atoms with van der Waals surface area (Å²) >= 11 is 0. The fourth-order valence-corrected chi connectivity index (χ4v) is 2.79. The van der Waals surface area contributed by atoms with Crippen molar-refractivity contribution in [2.75, 3.05) is 6.61 Å². The number of aromatic nitrogens is 2. The van der Waals surface area contributed by atoms with Gasteiger partial charge < -0.3 is 9.84 Å². The van der Waals surface area contributed by atoms with E-state index in [0.29, 0.717) is 17.9 Å². The second-order valence-corrected chi connectivity index (χ2v) is 6.29. The molecule has 0 saturated heterocycles. The highest BCUT2D eigenvalue weighted by Crippen LogP contribution is 2.23. The molecule has 1 heterocycles. The molecule has 1 unspecified atom stereocenters. The Balaban J connectivity index is 1.57. The van der Waals surface area contributed by atoms with Crippen molar-refractivity contribution in [1.29, 1.82) is 5.26 Å². The van der Waals surface area contributed by atoms with E-state index in [2.05, 4.69) is 11.2 Å². The molecule has 3 aromatic rings. The molecule has 0 saturated carbocycles. The highest BCUT2D eigenvalue weighted by molar-refractivity contribution is 5.64. The molecule has 3 rings (SSSR count). The molecular weight excluding hydrogens is 326 g/mol. The molecule has 0 fully saturated rings. The minimum Gasteiger partial charge on any atom is -0.491 e. The normalized spacial score (nSPS) is 11.8. The zero-order valence-corrected chi connectivity index (χ0v) is 14.9. The van der Waals surface area contributed by atoms with E-state index >= 15 is 0 Å². The van der Waals surface area contributed by atoms with Crippen molar-refractivity contribution in [2.45, 2.75) is 26.5 Å². The van der Waals surface area contributed by atoms with Crippen LogP contribution in [0.2, 0.25) is 0 Å². The topological polar surface area (TPSA) is 71.1 Å². The van der Waals surface area contributed by atoms with Crippen LogP contribution in [0.4, 0.5) is 0 Å². The first-order valence-corrected chi connectivity index (χ1v) is 8.47. The van der Waals surface area contributed by atoms with Gasteiger partial charge in [0.05, 0.1) is 23.9 Å². The third-order valence-corrected chi connectivity index (χ3v) is 4.13. The van der Waals surface area contributed by atoms with Crippen molar-refractivity contribution in [3.63, 3.8) is 0 Å². The molecule has 0 radical (unpaired) electrons. The minimum absolute atomic E-state index is 0.203. The number of nitrogens with zero attached hydrogens (tertiary/aromatic N) is 3. The van der Waals surface area contributed by atoms with Crippen molar-refractivity contribution in [1.82, 2.24) is 9.78 Å². The number of hydrogen-bond acceptors (Lipinski definition) is 4.